The maximum Gasteiger partial charge on any atom is 0.335 e. The summed E-state index contributed by atoms with van der Waals surface area (Å²) in [7, 11) is 1.73. The fourth-order valence-electron chi connectivity index (χ4n) is 3.98. The van der Waals surface area contributed by atoms with Crippen LogP contribution in [0, 0.1) is 18.7 Å². The SMILES string of the molecule is CCCC(C=C(C=NC)n1c(C)c(Sc2cccc(C(=O)O)c2)c2cc(F)c(Cl)cc21)CC. The number of hydrogen-bond acceptors (Lipinski definition) is 3. The molecule has 174 valence electrons. The number of rotatable bonds is 9. The van der Waals surface area contributed by atoms with Gasteiger partial charge in [-0.1, -0.05) is 55.8 Å². The van der Waals surface area contributed by atoms with E-state index < -0.39 is 11.8 Å². The quantitative estimate of drug-likeness (QED) is 0.312. The van der Waals surface area contributed by atoms with Crippen LogP contribution in [0.3, 0.4) is 0 Å². The van der Waals surface area contributed by atoms with E-state index in [1.807, 2.05) is 19.2 Å². The summed E-state index contributed by atoms with van der Waals surface area (Å²) in [5, 5.41) is 10.1. The van der Waals surface area contributed by atoms with Crippen LogP contribution in [0.25, 0.3) is 16.6 Å². The third-order valence-electron chi connectivity index (χ3n) is 5.60. The summed E-state index contributed by atoms with van der Waals surface area (Å²) < 4.78 is 16.6. The molecular weight excluding hydrogens is 459 g/mol. The van der Waals surface area contributed by atoms with E-state index in [0.29, 0.717) is 5.92 Å². The molecule has 0 amide bonds. The van der Waals surface area contributed by atoms with Crippen molar-refractivity contribution in [2.75, 3.05) is 7.05 Å². The van der Waals surface area contributed by atoms with Crippen LogP contribution in [0.15, 0.2) is 57.3 Å². The molecule has 3 rings (SSSR count). The largest absolute Gasteiger partial charge is 0.478 e. The van der Waals surface area contributed by atoms with Gasteiger partial charge in [0.2, 0.25) is 0 Å². The number of allylic oxidation sites excluding steroid dienone is 2. The second kappa shape index (κ2) is 11.0. The number of hydrogen-bond donors (Lipinski definition) is 1. The Morgan fingerprint density at radius 1 is 1.30 bits per heavy atom. The molecule has 0 saturated carbocycles. The number of aromatic nitrogens is 1. The number of carboxylic acids is 1. The van der Waals surface area contributed by atoms with Crippen molar-refractivity contribution in [1.29, 1.82) is 0 Å². The maximum atomic E-state index is 14.5. The molecule has 1 N–H and O–H groups in total. The van der Waals surface area contributed by atoms with Crippen LogP contribution in [0.2, 0.25) is 5.02 Å². The highest BCUT2D eigenvalue weighted by molar-refractivity contribution is 7.99. The Balaban J connectivity index is 2.25. The summed E-state index contributed by atoms with van der Waals surface area (Å²) >= 11 is 7.60. The number of halogens is 2. The summed E-state index contributed by atoms with van der Waals surface area (Å²) in [6, 6.07) is 9.84. The fraction of sp³-hybridized carbons (Fsp3) is 0.308. The van der Waals surface area contributed by atoms with Gasteiger partial charge >= 0.3 is 5.97 Å². The minimum absolute atomic E-state index is 0.0547. The molecule has 0 aliphatic heterocycles. The molecule has 2 aromatic carbocycles. The average Bonchev–Trinajstić information content (AvgIpc) is 3.04. The van der Waals surface area contributed by atoms with E-state index in [1.54, 1.807) is 31.3 Å². The summed E-state index contributed by atoms with van der Waals surface area (Å²) in [6.07, 6.45) is 7.19. The van der Waals surface area contributed by atoms with Gasteiger partial charge in [0.15, 0.2) is 0 Å². The van der Waals surface area contributed by atoms with Gasteiger partial charge in [0.05, 0.1) is 21.8 Å². The first kappa shape index (κ1) is 25.1. The summed E-state index contributed by atoms with van der Waals surface area (Å²) in [6.45, 7) is 6.32. The van der Waals surface area contributed by atoms with E-state index in [9.17, 15) is 14.3 Å². The zero-order chi connectivity index (χ0) is 24.1. The van der Waals surface area contributed by atoms with Gasteiger partial charge in [0.1, 0.15) is 5.82 Å². The second-order valence-electron chi connectivity index (χ2n) is 7.90. The molecule has 7 heteroatoms. The van der Waals surface area contributed by atoms with Crippen LogP contribution < -0.4 is 0 Å². The molecule has 0 aliphatic carbocycles. The predicted molar refractivity (Wildman–Crippen MR) is 137 cm³/mol. The van der Waals surface area contributed by atoms with Crippen molar-refractivity contribution in [1.82, 2.24) is 4.57 Å². The van der Waals surface area contributed by atoms with Crippen molar-refractivity contribution in [3.8, 4) is 0 Å². The molecule has 1 atom stereocenters. The lowest BCUT2D eigenvalue weighted by Gasteiger charge is -2.15. The van der Waals surface area contributed by atoms with Gasteiger partial charge in [-0.3, -0.25) is 4.99 Å². The molecule has 0 fully saturated rings. The van der Waals surface area contributed by atoms with Crippen LogP contribution in [0.4, 0.5) is 4.39 Å². The molecule has 0 aliphatic rings. The normalized spacial score (nSPS) is 13.2. The fourth-order valence-corrected chi connectivity index (χ4v) is 5.22. The minimum atomic E-state index is -0.986. The second-order valence-corrected chi connectivity index (χ2v) is 9.40. The van der Waals surface area contributed by atoms with Crippen molar-refractivity contribution >= 4 is 52.1 Å². The van der Waals surface area contributed by atoms with E-state index in [4.69, 9.17) is 11.6 Å². The number of fused-ring (bicyclic) bond motifs is 1. The number of aliphatic imine (C=N–C) groups is 1. The molecule has 1 heterocycles. The van der Waals surface area contributed by atoms with Crippen LogP contribution in [0.5, 0.6) is 0 Å². The van der Waals surface area contributed by atoms with Crippen molar-refractivity contribution in [3.63, 3.8) is 0 Å². The lowest BCUT2D eigenvalue weighted by atomic mass is 9.99. The van der Waals surface area contributed by atoms with Gasteiger partial charge in [0.25, 0.3) is 0 Å². The Morgan fingerprint density at radius 2 is 2.06 bits per heavy atom. The molecule has 0 saturated heterocycles. The molecule has 3 aromatic rings. The van der Waals surface area contributed by atoms with Gasteiger partial charge in [-0.25, -0.2) is 9.18 Å². The number of aromatic carboxylic acids is 1. The Kier molecular flexibility index (Phi) is 8.38. The summed E-state index contributed by atoms with van der Waals surface area (Å²) in [5.74, 6) is -1.09. The van der Waals surface area contributed by atoms with E-state index in [2.05, 4.69) is 29.5 Å². The first-order valence-corrected chi connectivity index (χ1v) is 12.2. The van der Waals surface area contributed by atoms with Crippen LogP contribution >= 0.6 is 23.4 Å². The van der Waals surface area contributed by atoms with Gasteiger partial charge < -0.3 is 9.67 Å². The highest BCUT2D eigenvalue weighted by Crippen LogP contribution is 2.41. The summed E-state index contributed by atoms with van der Waals surface area (Å²) in [4.78, 5) is 17.3. The van der Waals surface area contributed by atoms with Crippen LogP contribution in [0.1, 0.15) is 49.2 Å². The topological polar surface area (TPSA) is 54.6 Å². The monoisotopic (exact) mass is 486 g/mol. The number of carbonyl (C=O) groups is 1. The first-order chi connectivity index (χ1) is 15.8. The highest BCUT2D eigenvalue weighted by Gasteiger charge is 2.20. The molecule has 1 unspecified atom stereocenters. The van der Waals surface area contributed by atoms with Gasteiger partial charge in [-0.05, 0) is 56.0 Å². The molecule has 1 aromatic heterocycles. The van der Waals surface area contributed by atoms with E-state index in [1.165, 1.54) is 17.8 Å². The predicted octanol–water partition coefficient (Wildman–Crippen LogP) is 7.96. The molecule has 0 bridgehead atoms. The zero-order valence-corrected chi connectivity index (χ0v) is 20.8. The first-order valence-electron chi connectivity index (χ1n) is 11.0. The third kappa shape index (κ3) is 5.50. The van der Waals surface area contributed by atoms with Gasteiger partial charge in [-0.15, -0.1) is 0 Å². The Hall–Kier alpha value is -2.57. The van der Waals surface area contributed by atoms with Crippen molar-refractivity contribution in [3.05, 3.63) is 64.6 Å². The Morgan fingerprint density at radius 3 is 2.70 bits per heavy atom. The van der Waals surface area contributed by atoms with Crippen molar-refractivity contribution in [2.24, 2.45) is 10.9 Å². The molecular formula is C26H28ClFN2O2S. The number of benzene rings is 2. The standard InChI is InChI=1S/C26H28ClFN2O2S/c1-5-8-17(6-2)11-19(15-29-4)30-16(3)25(21-13-23(28)22(27)14-24(21)30)33-20-10-7-9-18(12-20)26(31)32/h7,9-15,17H,5-6,8H2,1-4H3,(H,31,32). The van der Waals surface area contributed by atoms with Crippen LogP contribution in [-0.4, -0.2) is 28.9 Å². The molecule has 4 nitrogen and oxygen atoms in total. The van der Waals surface area contributed by atoms with Crippen molar-refractivity contribution in [2.45, 2.75) is 49.8 Å². The smallest absolute Gasteiger partial charge is 0.335 e. The Bertz CT molecular complexity index is 1230. The summed E-state index contributed by atoms with van der Waals surface area (Å²) in [5.41, 5.74) is 2.82. The van der Waals surface area contributed by atoms with Gasteiger partial charge in [0, 0.05) is 34.1 Å². The molecule has 0 spiro atoms. The van der Waals surface area contributed by atoms with Gasteiger partial charge in [-0.2, -0.15) is 0 Å². The minimum Gasteiger partial charge on any atom is -0.478 e. The van der Waals surface area contributed by atoms with Crippen LogP contribution in [-0.2, 0) is 0 Å². The average molecular weight is 487 g/mol. The maximum absolute atomic E-state index is 14.5. The third-order valence-corrected chi connectivity index (χ3v) is 7.10. The molecule has 33 heavy (non-hydrogen) atoms. The zero-order valence-electron chi connectivity index (χ0n) is 19.2. The van der Waals surface area contributed by atoms with E-state index in [-0.39, 0.29) is 10.6 Å². The van der Waals surface area contributed by atoms with E-state index in [0.717, 1.165) is 51.3 Å². The number of carboxylic acid groups (broad SMARTS) is 1. The molecule has 0 radical (unpaired) electrons. The Labute approximate surface area is 203 Å². The highest BCUT2D eigenvalue weighted by atomic mass is 35.5. The van der Waals surface area contributed by atoms with Crippen molar-refractivity contribution < 1.29 is 14.3 Å². The lowest BCUT2D eigenvalue weighted by Crippen LogP contribution is -2.05. The number of nitrogens with zero attached hydrogens (tertiary/aromatic N) is 2. The van der Waals surface area contributed by atoms with E-state index >= 15 is 0 Å². The lowest BCUT2D eigenvalue weighted by molar-refractivity contribution is 0.0696.